The Labute approximate surface area is 109 Å². The van der Waals surface area contributed by atoms with Crippen molar-refractivity contribution in [2.75, 3.05) is 45.5 Å². The Balaban J connectivity index is 1.67. The molecule has 2 rings (SSSR count). The predicted molar refractivity (Wildman–Crippen MR) is 74.1 cm³/mol. The molecule has 0 atom stereocenters. The van der Waals surface area contributed by atoms with Gasteiger partial charge < -0.3 is 9.80 Å². The zero-order valence-electron chi connectivity index (χ0n) is 11.0. The van der Waals surface area contributed by atoms with Gasteiger partial charge in [-0.3, -0.25) is 0 Å². The Morgan fingerprint density at radius 1 is 1.06 bits per heavy atom. The van der Waals surface area contributed by atoms with Crippen LogP contribution in [-0.2, 0) is 0 Å². The Kier molecular flexibility index (Phi) is 4.89. The highest BCUT2D eigenvalue weighted by Gasteiger charge is 2.18. The number of rotatable bonds is 4. The van der Waals surface area contributed by atoms with Crippen molar-refractivity contribution in [3.63, 3.8) is 0 Å². The van der Waals surface area contributed by atoms with Gasteiger partial charge in [-0.15, -0.1) is 11.8 Å². The van der Waals surface area contributed by atoms with Crippen LogP contribution in [0.4, 0.5) is 0 Å². The molecule has 0 saturated carbocycles. The van der Waals surface area contributed by atoms with E-state index >= 15 is 0 Å². The van der Waals surface area contributed by atoms with E-state index in [4.69, 9.17) is 0 Å². The topological polar surface area (TPSA) is 8.88 Å². The first-order chi connectivity index (χ1) is 8.24. The molecule has 0 aromatic heterocycles. The molecular weight excluding hydrogens is 228 g/mol. The highest BCUT2D eigenvalue weighted by molar-refractivity contribution is 7.99. The van der Waals surface area contributed by atoms with E-state index in [1.54, 1.807) is 9.80 Å². The molecule has 1 aliphatic heterocycles. The second-order valence-corrected chi connectivity index (χ2v) is 6.29. The number of thioether (sulfide) groups is 1. The number of hydrogen-bond donors (Lipinski definition) is 2. The summed E-state index contributed by atoms with van der Waals surface area (Å²) in [6.45, 7) is 8.83. The van der Waals surface area contributed by atoms with Gasteiger partial charge in [-0.1, -0.05) is 17.7 Å². The number of benzene rings is 1. The van der Waals surface area contributed by atoms with E-state index in [9.17, 15) is 0 Å². The molecule has 1 aromatic carbocycles. The largest absolute Gasteiger partial charge is 0.328 e. The molecule has 1 aromatic rings. The Bertz CT molecular complexity index is 329. The molecule has 0 amide bonds. The van der Waals surface area contributed by atoms with E-state index in [1.165, 1.54) is 48.9 Å². The lowest BCUT2D eigenvalue weighted by molar-refractivity contribution is -1.00. The zero-order chi connectivity index (χ0) is 12.1. The van der Waals surface area contributed by atoms with Crippen molar-refractivity contribution in [3.8, 4) is 0 Å². The summed E-state index contributed by atoms with van der Waals surface area (Å²) in [5, 5.41) is 0. The minimum Gasteiger partial charge on any atom is -0.328 e. The Morgan fingerprint density at radius 2 is 1.71 bits per heavy atom. The summed E-state index contributed by atoms with van der Waals surface area (Å²) >= 11 is 2.00. The smallest absolute Gasteiger partial charge is 0.127 e. The molecule has 1 saturated heterocycles. The molecule has 2 nitrogen and oxygen atoms in total. The van der Waals surface area contributed by atoms with Crippen LogP contribution in [0.25, 0.3) is 0 Å². The minimum atomic E-state index is 1.25. The van der Waals surface area contributed by atoms with Gasteiger partial charge in [-0.25, -0.2) is 0 Å². The molecule has 1 heterocycles. The van der Waals surface area contributed by atoms with Crippen molar-refractivity contribution in [2.45, 2.75) is 11.8 Å². The standard InChI is InChI=1S/C14H22N2S/c1-13-3-5-14(6-4-13)17-12-11-16-9-7-15(2)8-10-16/h3-6H,7-12H2,1-2H3/p+2. The normalized spacial score (nSPS) is 24.8. The summed E-state index contributed by atoms with van der Waals surface area (Å²) in [6, 6.07) is 8.88. The SMILES string of the molecule is Cc1ccc(SCC[NH+]2CC[NH+](C)CC2)cc1. The molecule has 0 radical (unpaired) electrons. The molecule has 3 heteroatoms. The first-order valence-corrected chi connectivity index (χ1v) is 7.57. The van der Waals surface area contributed by atoms with Gasteiger partial charge in [0.15, 0.2) is 0 Å². The number of likely N-dealkylation sites (N-methyl/N-ethyl adjacent to an activating group) is 1. The van der Waals surface area contributed by atoms with Crippen molar-refractivity contribution in [2.24, 2.45) is 0 Å². The molecule has 2 N–H and O–H groups in total. The quantitative estimate of drug-likeness (QED) is 0.687. The van der Waals surface area contributed by atoms with Gasteiger partial charge in [0.1, 0.15) is 26.2 Å². The van der Waals surface area contributed by atoms with Crippen LogP contribution < -0.4 is 9.80 Å². The lowest BCUT2D eigenvalue weighted by Crippen LogP contribution is -3.27. The van der Waals surface area contributed by atoms with Gasteiger partial charge in [0.2, 0.25) is 0 Å². The maximum atomic E-state index is 2.30. The number of piperazine rings is 1. The van der Waals surface area contributed by atoms with Crippen molar-refractivity contribution < 1.29 is 9.80 Å². The van der Waals surface area contributed by atoms with E-state index in [0.29, 0.717) is 0 Å². The Hall–Kier alpha value is -0.510. The molecule has 1 aliphatic rings. The van der Waals surface area contributed by atoms with Crippen molar-refractivity contribution in [1.82, 2.24) is 0 Å². The third kappa shape index (κ3) is 4.34. The summed E-state index contributed by atoms with van der Waals surface area (Å²) in [6.07, 6.45) is 0. The fourth-order valence-electron chi connectivity index (χ4n) is 2.23. The summed E-state index contributed by atoms with van der Waals surface area (Å²) in [5.74, 6) is 1.25. The zero-order valence-corrected chi connectivity index (χ0v) is 11.8. The van der Waals surface area contributed by atoms with Gasteiger partial charge in [0, 0.05) is 10.6 Å². The van der Waals surface area contributed by atoms with Crippen LogP contribution >= 0.6 is 11.8 Å². The first-order valence-electron chi connectivity index (χ1n) is 6.58. The van der Waals surface area contributed by atoms with E-state index in [2.05, 4.69) is 38.2 Å². The average molecular weight is 252 g/mol. The number of hydrogen-bond acceptors (Lipinski definition) is 1. The third-order valence-corrected chi connectivity index (χ3v) is 4.57. The summed E-state index contributed by atoms with van der Waals surface area (Å²) in [5.41, 5.74) is 1.35. The average Bonchev–Trinajstić information content (AvgIpc) is 2.34. The molecule has 1 fully saturated rings. The monoisotopic (exact) mass is 252 g/mol. The van der Waals surface area contributed by atoms with Crippen LogP contribution in [0.2, 0.25) is 0 Å². The highest BCUT2D eigenvalue weighted by atomic mass is 32.2. The van der Waals surface area contributed by atoms with Gasteiger partial charge in [0.25, 0.3) is 0 Å². The van der Waals surface area contributed by atoms with Crippen molar-refractivity contribution >= 4 is 11.8 Å². The van der Waals surface area contributed by atoms with Crippen molar-refractivity contribution in [3.05, 3.63) is 29.8 Å². The minimum absolute atomic E-state index is 1.25. The fraction of sp³-hybridized carbons (Fsp3) is 0.571. The number of aryl methyl sites for hydroxylation is 1. The van der Waals surface area contributed by atoms with Crippen LogP contribution in [0, 0.1) is 6.92 Å². The number of quaternary nitrogens is 2. The van der Waals surface area contributed by atoms with E-state index < -0.39 is 0 Å². The highest BCUT2D eigenvalue weighted by Crippen LogP contribution is 2.16. The third-order valence-electron chi connectivity index (χ3n) is 3.56. The van der Waals surface area contributed by atoms with Crippen LogP contribution in [-0.4, -0.2) is 45.5 Å². The molecule has 0 unspecified atom stereocenters. The maximum Gasteiger partial charge on any atom is 0.127 e. The van der Waals surface area contributed by atoms with E-state index in [1.807, 2.05) is 11.8 Å². The molecule has 0 spiro atoms. The van der Waals surface area contributed by atoms with E-state index in [0.717, 1.165) is 0 Å². The lowest BCUT2D eigenvalue weighted by atomic mass is 10.2. The Morgan fingerprint density at radius 3 is 2.35 bits per heavy atom. The second kappa shape index (κ2) is 6.43. The first kappa shape index (κ1) is 12.9. The summed E-state index contributed by atoms with van der Waals surface area (Å²) < 4.78 is 0. The van der Waals surface area contributed by atoms with E-state index in [-0.39, 0.29) is 0 Å². The predicted octanol–water partition coefficient (Wildman–Crippen LogP) is -0.500. The maximum absolute atomic E-state index is 2.30. The van der Waals surface area contributed by atoms with Gasteiger partial charge in [-0.05, 0) is 19.1 Å². The molecule has 0 bridgehead atoms. The molecule has 0 aliphatic carbocycles. The van der Waals surface area contributed by atoms with Crippen molar-refractivity contribution in [1.29, 1.82) is 0 Å². The fourth-order valence-corrected chi connectivity index (χ4v) is 3.18. The van der Waals surface area contributed by atoms with Gasteiger partial charge >= 0.3 is 0 Å². The van der Waals surface area contributed by atoms with Crippen LogP contribution in [0.3, 0.4) is 0 Å². The lowest BCUT2D eigenvalue weighted by Gasteiger charge is -2.27. The summed E-state index contributed by atoms with van der Waals surface area (Å²) in [4.78, 5) is 4.89. The summed E-state index contributed by atoms with van der Waals surface area (Å²) in [7, 11) is 2.30. The second-order valence-electron chi connectivity index (χ2n) is 5.12. The van der Waals surface area contributed by atoms with Crippen LogP contribution in [0.15, 0.2) is 29.2 Å². The molecule has 94 valence electrons. The number of nitrogens with one attached hydrogen (secondary N) is 2. The van der Waals surface area contributed by atoms with Gasteiger partial charge in [0.05, 0.1) is 13.6 Å². The van der Waals surface area contributed by atoms with Crippen LogP contribution in [0.1, 0.15) is 5.56 Å². The molecular formula is C14H24N2S+2. The molecule has 17 heavy (non-hydrogen) atoms. The van der Waals surface area contributed by atoms with Gasteiger partial charge in [-0.2, -0.15) is 0 Å². The van der Waals surface area contributed by atoms with Crippen LogP contribution in [0.5, 0.6) is 0 Å².